The average Bonchev–Trinajstić information content (AvgIpc) is 2.76. The van der Waals surface area contributed by atoms with Crippen LogP contribution in [0.4, 0.5) is 29.3 Å². The molecule has 2 N–H and O–H groups in total. The third-order valence-corrected chi connectivity index (χ3v) is 7.19. The lowest BCUT2D eigenvalue weighted by Crippen LogP contribution is -2.48. The minimum absolute atomic E-state index is 0.0142. The van der Waals surface area contributed by atoms with Crippen LogP contribution in [-0.2, 0) is 19.6 Å². The van der Waals surface area contributed by atoms with Crippen molar-refractivity contribution in [1.82, 2.24) is 5.32 Å². The molecule has 0 saturated heterocycles. The molecular weight excluding hydrogens is 527 g/mol. The van der Waals surface area contributed by atoms with Crippen LogP contribution in [0.15, 0.2) is 47.4 Å². The Morgan fingerprint density at radius 3 is 2.39 bits per heavy atom. The van der Waals surface area contributed by atoms with E-state index in [0.29, 0.717) is 18.9 Å². The zero-order valence-electron chi connectivity index (χ0n) is 19.3. The summed E-state index contributed by atoms with van der Waals surface area (Å²) in [7, 11) is -4.17. The molecule has 2 aromatic rings. The predicted molar refractivity (Wildman–Crippen MR) is 126 cm³/mol. The van der Waals surface area contributed by atoms with E-state index >= 15 is 0 Å². The molecule has 2 aromatic carbocycles. The number of alkyl halides is 3. The van der Waals surface area contributed by atoms with Crippen molar-refractivity contribution in [3.63, 3.8) is 0 Å². The van der Waals surface area contributed by atoms with Gasteiger partial charge in [0.15, 0.2) is 0 Å². The number of carbonyl (C=O) groups excluding carboxylic acids is 2. The lowest BCUT2D eigenvalue weighted by molar-refractivity contribution is -0.242. The number of hydrogen-bond acceptors (Lipinski definition) is 6. The number of rotatable bonds is 6. The Morgan fingerprint density at radius 2 is 1.81 bits per heavy atom. The Bertz CT molecular complexity index is 1250. The number of nitrogens with one attached hydrogen (secondary N) is 2. The molecule has 1 atom stereocenters. The fourth-order valence-corrected chi connectivity index (χ4v) is 4.77. The van der Waals surface area contributed by atoms with Gasteiger partial charge in [-0.05, 0) is 56.3 Å². The first-order chi connectivity index (χ1) is 16.6. The molecule has 3 rings (SSSR count). The third kappa shape index (κ3) is 6.13. The second kappa shape index (κ2) is 10.1. The van der Waals surface area contributed by atoms with Crippen LogP contribution in [0.1, 0.15) is 20.8 Å². The van der Waals surface area contributed by atoms with Crippen LogP contribution in [0.5, 0.6) is 5.75 Å². The summed E-state index contributed by atoms with van der Waals surface area (Å²) in [6.45, 7) is 2.51. The molecule has 0 saturated carbocycles. The number of carbonyl (C=O) groups is 2. The van der Waals surface area contributed by atoms with Crippen molar-refractivity contribution in [2.45, 2.75) is 43.5 Å². The van der Waals surface area contributed by atoms with Crippen LogP contribution in [0.3, 0.4) is 0 Å². The van der Waals surface area contributed by atoms with Gasteiger partial charge in [0.2, 0.25) is 11.5 Å². The number of fused-ring (bicyclic) bond motifs is 1. The highest BCUT2D eigenvalue weighted by Gasteiger charge is 2.51. The predicted octanol–water partition coefficient (Wildman–Crippen LogP) is 4.32. The number of nitrogens with zero attached hydrogens (tertiary/aromatic N) is 1. The van der Waals surface area contributed by atoms with Crippen molar-refractivity contribution in [3.05, 3.63) is 47.5 Å². The summed E-state index contributed by atoms with van der Waals surface area (Å²) in [4.78, 5) is 23.4. The molecule has 0 spiro atoms. The molecule has 9 nitrogen and oxygen atoms in total. The molecule has 0 aliphatic carbocycles. The number of ether oxygens (including phenoxy) is 2. The quantitative estimate of drug-likeness (QED) is 0.555. The van der Waals surface area contributed by atoms with Gasteiger partial charge in [0.25, 0.3) is 10.0 Å². The molecule has 1 unspecified atom stereocenters. The molecule has 1 aliphatic rings. The molecule has 196 valence electrons. The van der Waals surface area contributed by atoms with E-state index in [4.69, 9.17) is 16.3 Å². The zero-order chi connectivity index (χ0) is 26.9. The fraction of sp³-hybridized carbons (Fsp3) is 0.364. The van der Waals surface area contributed by atoms with Crippen LogP contribution in [0.25, 0.3) is 0 Å². The highest BCUT2D eigenvalue weighted by Crippen LogP contribution is 2.39. The second-order valence-corrected chi connectivity index (χ2v) is 10.7. The van der Waals surface area contributed by atoms with E-state index in [0.717, 1.165) is 4.31 Å². The Morgan fingerprint density at radius 1 is 1.17 bits per heavy atom. The summed E-state index contributed by atoms with van der Waals surface area (Å²) in [6, 6.07) is 9.34. The van der Waals surface area contributed by atoms with Gasteiger partial charge in [-0.3, -0.25) is 14.4 Å². The van der Waals surface area contributed by atoms with Crippen molar-refractivity contribution >= 4 is 45.0 Å². The number of anilines is 2. The van der Waals surface area contributed by atoms with Crippen LogP contribution < -0.4 is 19.7 Å². The zero-order valence-corrected chi connectivity index (χ0v) is 20.9. The molecule has 0 aromatic heterocycles. The standard InChI is InChI=1S/C22H23ClF3N3O6S/c1-13(30)27-11-16-12-29(36(32,33)17-7-4-14(23)5-8-17)18-10-15(6-9-19(18)34-16)28-20(31)35-21(2,3)22(24,25)26/h4-10,16H,11-12H2,1-3H3,(H,27,30)(H,28,31). The average molecular weight is 550 g/mol. The SMILES string of the molecule is CC(=O)NCC1CN(S(=O)(=O)c2ccc(Cl)cc2)c2cc(NC(=O)OC(C)(C)C(F)(F)F)ccc2O1. The Labute approximate surface area is 210 Å². The van der Waals surface area contributed by atoms with E-state index in [-0.39, 0.29) is 41.0 Å². The largest absolute Gasteiger partial charge is 0.484 e. The van der Waals surface area contributed by atoms with E-state index in [1.807, 2.05) is 0 Å². The summed E-state index contributed by atoms with van der Waals surface area (Å²) >= 11 is 5.87. The van der Waals surface area contributed by atoms with Gasteiger partial charge in [-0.15, -0.1) is 0 Å². The summed E-state index contributed by atoms with van der Waals surface area (Å²) in [6.07, 6.45) is -6.94. The van der Waals surface area contributed by atoms with Crippen molar-refractivity contribution < 1.29 is 40.7 Å². The van der Waals surface area contributed by atoms with Gasteiger partial charge >= 0.3 is 12.3 Å². The smallest absolute Gasteiger partial charge is 0.427 e. The van der Waals surface area contributed by atoms with Gasteiger partial charge in [0.05, 0.1) is 23.7 Å². The normalized spacial score (nSPS) is 16.0. The molecule has 36 heavy (non-hydrogen) atoms. The Balaban J connectivity index is 1.95. The molecule has 1 aliphatic heterocycles. The van der Waals surface area contributed by atoms with Crippen LogP contribution >= 0.6 is 11.6 Å². The van der Waals surface area contributed by atoms with Gasteiger partial charge in [-0.1, -0.05) is 11.6 Å². The van der Waals surface area contributed by atoms with Gasteiger partial charge < -0.3 is 14.8 Å². The summed E-state index contributed by atoms with van der Waals surface area (Å²) in [5.74, 6) is -0.222. The summed E-state index contributed by atoms with van der Waals surface area (Å²) < 4.78 is 77.4. The van der Waals surface area contributed by atoms with E-state index in [1.165, 1.54) is 49.4 Å². The van der Waals surface area contributed by atoms with Gasteiger partial charge in [-0.2, -0.15) is 13.2 Å². The molecule has 0 radical (unpaired) electrons. The Hall–Kier alpha value is -3.19. The Kier molecular flexibility index (Phi) is 7.65. The van der Waals surface area contributed by atoms with Crippen LogP contribution in [0.2, 0.25) is 5.02 Å². The number of hydrogen-bond donors (Lipinski definition) is 2. The van der Waals surface area contributed by atoms with Crippen molar-refractivity contribution in [1.29, 1.82) is 0 Å². The molecular formula is C22H23ClF3N3O6S. The molecule has 0 bridgehead atoms. The lowest BCUT2D eigenvalue weighted by Gasteiger charge is -2.35. The minimum atomic E-state index is -4.81. The van der Waals surface area contributed by atoms with Crippen molar-refractivity contribution in [3.8, 4) is 5.75 Å². The monoisotopic (exact) mass is 549 g/mol. The van der Waals surface area contributed by atoms with Crippen LogP contribution in [0, 0.1) is 0 Å². The van der Waals surface area contributed by atoms with E-state index in [2.05, 4.69) is 15.4 Å². The molecule has 2 amide bonds. The van der Waals surface area contributed by atoms with Gasteiger partial charge in [0.1, 0.15) is 11.9 Å². The molecule has 0 fully saturated rings. The maximum Gasteiger partial charge on any atom is 0.427 e. The van der Waals surface area contributed by atoms with Gasteiger partial charge in [-0.25, -0.2) is 13.2 Å². The number of halogens is 4. The van der Waals surface area contributed by atoms with Gasteiger partial charge in [0, 0.05) is 17.6 Å². The van der Waals surface area contributed by atoms with Crippen molar-refractivity contribution in [2.75, 3.05) is 22.7 Å². The summed E-state index contributed by atoms with van der Waals surface area (Å²) in [5, 5.41) is 5.07. The number of benzene rings is 2. The molecule has 1 heterocycles. The first-order valence-electron chi connectivity index (χ1n) is 10.5. The second-order valence-electron chi connectivity index (χ2n) is 8.37. The first kappa shape index (κ1) is 27.4. The topological polar surface area (TPSA) is 114 Å². The van der Waals surface area contributed by atoms with E-state index in [9.17, 15) is 31.2 Å². The molecule has 14 heteroatoms. The maximum atomic E-state index is 13.5. The third-order valence-electron chi connectivity index (χ3n) is 5.15. The maximum absolute atomic E-state index is 13.5. The number of amides is 2. The van der Waals surface area contributed by atoms with Crippen LogP contribution in [-0.4, -0.2) is 51.4 Å². The first-order valence-corrected chi connectivity index (χ1v) is 12.3. The highest BCUT2D eigenvalue weighted by atomic mass is 35.5. The minimum Gasteiger partial charge on any atom is -0.484 e. The number of sulfonamides is 1. The van der Waals surface area contributed by atoms with E-state index in [1.54, 1.807) is 0 Å². The fourth-order valence-electron chi connectivity index (χ4n) is 3.15. The highest BCUT2D eigenvalue weighted by molar-refractivity contribution is 7.92. The van der Waals surface area contributed by atoms with E-state index < -0.39 is 34.0 Å². The van der Waals surface area contributed by atoms with Crippen molar-refractivity contribution in [2.24, 2.45) is 0 Å². The summed E-state index contributed by atoms with van der Waals surface area (Å²) in [5.41, 5.74) is -2.76. The lowest BCUT2D eigenvalue weighted by atomic mass is 10.1.